The Morgan fingerprint density at radius 2 is 2.53 bits per heavy atom. The van der Waals surface area contributed by atoms with Crippen molar-refractivity contribution in [1.29, 1.82) is 5.26 Å². The lowest BCUT2D eigenvalue weighted by molar-refractivity contribution is -0.0198. The minimum Gasteiger partial charge on any atom is -0.373 e. The van der Waals surface area contributed by atoms with Gasteiger partial charge in [0.2, 0.25) is 0 Å². The van der Waals surface area contributed by atoms with Crippen LogP contribution in [-0.2, 0) is 4.74 Å². The van der Waals surface area contributed by atoms with Crippen LogP contribution in [0.2, 0.25) is 0 Å². The van der Waals surface area contributed by atoms with Gasteiger partial charge in [0.25, 0.3) is 5.91 Å². The lowest BCUT2D eigenvalue weighted by atomic mass is 10.2. The number of likely N-dealkylation sites (N-methyl/N-ethyl adjacent to an activating group) is 1. The SMILES string of the molecule is CNCC1CN(C(=O)c2ccc(C#N)cn2)CCO1. The van der Waals surface area contributed by atoms with Crippen LogP contribution in [0.15, 0.2) is 18.3 Å². The summed E-state index contributed by atoms with van der Waals surface area (Å²) in [7, 11) is 1.85. The first kappa shape index (κ1) is 13.5. The Balaban J connectivity index is 2.04. The summed E-state index contributed by atoms with van der Waals surface area (Å²) in [6, 6.07) is 5.17. The first-order chi connectivity index (χ1) is 9.24. The zero-order valence-electron chi connectivity index (χ0n) is 10.8. The fraction of sp³-hybridized carbons (Fsp3) is 0.462. The molecule has 1 aliphatic heterocycles. The van der Waals surface area contributed by atoms with Crippen LogP contribution in [0.3, 0.4) is 0 Å². The predicted molar refractivity (Wildman–Crippen MR) is 68.5 cm³/mol. The van der Waals surface area contributed by atoms with Crippen LogP contribution in [0.25, 0.3) is 0 Å². The number of hydrogen-bond donors (Lipinski definition) is 1. The molecule has 0 saturated carbocycles. The Labute approximate surface area is 112 Å². The molecule has 1 aliphatic rings. The second kappa shape index (κ2) is 6.27. The summed E-state index contributed by atoms with van der Waals surface area (Å²) in [4.78, 5) is 18.0. The molecule has 2 heterocycles. The first-order valence-corrected chi connectivity index (χ1v) is 6.16. The molecular weight excluding hydrogens is 244 g/mol. The Bertz CT molecular complexity index is 478. The van der Waals surface area contributed by atoms with Gasteiger partial charge in [-0.25, -0.2) is 4.98 Å². The van der Waals surface area contributed by atoms with Crippen molar-refractivity contribution in [2.45, 2.75) is 6.10 Å². The van der Waals surface area contributed by atoms with Crippen molar-refractivity contribution in [3.8, 4) is 6.07 Å². The van der Waals surface area contributed by atoms with Crippen molar-refractivity contribution in [3.05, 3.63) is 29.6 Å². The van der Waals surface area contributed by atoms with Crippen molar-refractivity contribution in [2.75, 3.05) is 33.3 Å². The van der Waals surface area contributed by atoms with E-state index in [0.29, 0.717) is 37.5 Å². The Kier molecular flexibility index (Phi) is 4.44. The highest BCUT2D eigenvalue weighted by molar-refractivity contribution is 5.92. The zero-order valence-corrected chi connectivity index (χ0v) is 10.8. The number of aromatic nitrogens is 1. The van der Waals surface area contributed by atoms with Gasteiger partial charge in [-0.1, -0.05) is 0 Å². The number of nitriles is 1. The second-order valence-electron chi connectivity index (χ2n) is 4.35. The van der Waals surface area contributed by atoms with Crippen molar-refractivity contribution in [1.82, 2.24) is 15.2 Å². The van der Waals surface area contributed by atoms with Gasteiger partial charge in [-0.05, 0) is 19.2 Å². The summed E-state index contributed by atoms with van der Waals surface area (Å²) in [6.07, 6.45) is 1.43. The van der Waals surface area contributed by atoms with Crippen LogP contribution in [0.1, 0.15) is 16.1 Å². The zero-order chi connectivity index (χ0) is 13.7. The number of nitrogens with one attached hydrogen (secondary N) is 1. The molecule has 1 aromatic rings. The molecule has 0 aromatic carbocycles. The molecule has 1 N–H and O–H groups in total. The molecule has 0 spiro atoms. The summed E-state index contributed by atoms with van der Waals surface area (Å²) in [5, 5.41) is 11.7. The lowest BCUT2D eigenvalue weighted by Crippen LogP contribution is -2.48. The summed E-state index contributed by atoms with van der Waals surface area (Å²) in [5.41, 5.74) is 0.815. The third-order valence-corrected chi connectivity index (χ3v) is 2.97. The van der Waals surface area contributed by atoms with Gasteiger partial charge in [-0.3, -0.25) is 4.79 Å². The third-order valence-electron chi connectivity index (χ3n) is 2.97. The molecule has 19 heavy (non-hydrogen) atoms. The van der Waals surface area contributed by atoms with Gasteiger partial charge in [-0.15, -0.1) is 0 Å². The quantitative estimate of drug-likeness (QED) is 0.828. The molecule has 0 aliphatic carbocycles. The molecule has 1 fully saturated rings. The van der Waals surface area contributed by atoms with Crippen LogP contribution in [0.5, 0.6) is 0 Å². The average molecular weight is 260 g/mol. The van der Waals surface area contributed by atoms with Crippen LogP contribution < -0.4 is 5.32 Å². The van der Waals surface area contributed by atoms with E-state index < -0.39 is 0 Å². The summed E-state index contributed by atoms with van der Waals surface area (Å²) >= 11 is 0. The number of ether oxygens (including phenoxy) is 1. The molecule has 1 aromatic heterocycles. The maximum absolute atomic E-state index is 12.3. The first-order valence-electron chi connectivity index (χ1n) is 6.16. The highest BCUT2D eigenvalue weighted by Crippen LogP contribution is 2.09. The second-order valence-corrected chi connectivity index (χ2v) is 4.35. The van der Waals surface area contributed by atoms with Crippen LogP contribution >= 0.6 is 0 Å². The maximum atomic E-state index is 12.3. The van der Waals surface area contributed by atoms with Gasteiger partial charge in [-0.2, -0.15) is 5.26 Å². The van der Waals surface area contributed by atoms with Crippen molar-refractivity contribution in [3.63, 3.8) is 0 Å². The van der Waals surface area contributed by atoms with Crippen LogP contribution in [0, 0.1) is 11.3 Å². The van der Waals surface area contributed by atoms with E-state index >= 15 is 0 Å². The minimum absolute atomic E-state index is 0.0149. The monoisotopic (exact) mass is 260 g/mol. The fourth-order valence-corrected chi connectivity index (χ4v) is 2.00. The Hall–Kier alpha value is -1.97. The van der Waals surface area contributed by atoms with Crippen molar-refractivity contribution < 1.29 is 9.53 Å². The van der Waals surface area contributed by atoms with E-state index in [1.807, 2.05) is 13.1 Å². The molecule has 6 heteroatoms. The predicted octanol–water partition coefficient (Wildman–Crippen LogP) is 0.0137. The molecule has 6 nitrogen and oxygen atoms in total. The molecule has 2 rings (SSSR count). The van der Waals surface area contributed by atoms with Gasteiger partial charge < -0.3 is 15.0 Å². The van der Waals surface area contributed by atoms with E-state index in [2.05, 4.69) is 10.3 Å². The number of amides is 1. The maximum Gasteiger partial charge on any atom is 0.272 e. The number of pyridine rings is 1. The van der Waals surface area contributed by atoms with Gasteiger partial charge in [0.05, 0.1) is 18.3 Å². The van der Waals surface area contributed by atoms with Gasteiger partial charge >= 0.3 is 0 Å². The highest BCUT2D eigenvalue weighted by Gasteiger charge is 2.25. The number of nitrogens with zero attached hydrogens (tertiary/aromatic N) is 3. The van der Waals surface area contributed by atoms with E-state index in [4.69, 9.17) is 10.00 Å². The molecule has 0 radical (unpaired) electrons. The van der Waals surface area contributed by atoms with Crippen molar-refractivity contribution >= 4 is 5.91 Å². The molecule has 1 atom stereocenters. The largest absolute Gasteiger partial charge is 0.373 e. The minimum atomic E-state index is -0.117. The van der Waals surface area contributed by atoms with E-state index in [1.54, 1.807) is 17.0 Å². The summed E-state index contributed by atoms with van der Waals surface area (Å²) < 4.78 is 5.55. The third kappa shape index (κ3) is 3.28. The molecular formula is C13H16N4O2. The topological polar surface area (TPSA) is 78.3 Å². The van der Waals surface area contributed by atoms with Crippen LogP contribution in [0.4, 0.5) is 0 Å². The molecule has 1 saturated heterocycles. The standard InChI is InChI=1S/C13H16N4O2/c1-15-8-11-9-17(4-5-19-11)13(18)12-3-2-10(6-14)7-16-12/h2-3,7,11,15H,4-5,8-9H2,1H3. The number of hydrogen-bond acceptors (Lipinski definition) is 5. The fourth-order valence-electron chi connectivity index (χ4n) is 2.00. The Morgan fingerprint density at radius 3 is 3.16 bits per heavy atom. The number of carbonyl (C=O) groups is 1. The molecule has 1 unspecified atom stereocenters. The van der Waals surface area contributed by atoms with Gasteiger partial charge in [0.1, 0.15) is 11.8 Å². The summed E-state index contributed by atoms with van der Waals surface area (Å²) in [6.45, 7) is 2.38. The number of carbonyl (C=O) groups excluding carboxylic acids is 1. The molecule has 0 bridgehead atoms. The molecule has 1 amide bonds. The average Bonchev–Trinajstić information content (AvgIpc) is 2.47. The molecule has 100 valence electrons. The van der Waals surface area contributed by atoms with E-state index in [-0.39, 0.29) is 12.0 Å². The van der Waals surface area contributed by atoms with E-state index in [1.165, 1.54) is 6.20 Å². The van der Waals surface area contributed by atoms with Crippen molar-refractivity contribution in [2.24, 2.45) is 0 Å². The van der Waals surface area contributed by atoms with Gasteiger partial charge in [0, 0.05) is 25.8 Å². The van der Waals surface area contributed by atoms with E-state index in [9.17, 15) is 4.79 Å². The highest BCUT2D eigenvalue weighted by atomic mass is 16.5. The van der Waals surface area contributed by atoms with E-state index in [0.717, 1.165) is 0 Å². The lowest BCUT2D eigenvalue weighted by Gasteiger charge is -2.32. The number of rotatable bonds is 3. The summed E-state index contributed by atoms with van der Waals surface area (Å²) in [5.74, 6) is -0.117. The normalized spacial score (nSPS) is 18.9. The van der Waals surface area contributed by atoms with Gasteiger partial charge in [0.15, 0.2) is 0 Å². The Morgan fingerprint density at radius 1 is 1.68 bits per heavy atom. The number of morpholine rings is 1. The van der Waals surface area contributed by atoms with Crippen LogP contribution in [-0.4, -0.2) is 55.2 Å². The smallest absolute Gasteiger partial charge is 0.272 e.